The van der Waals surface area contributed by atoms with E-state index in [0.29, 0.717) is 0 Å². The zero-order chi connectivity index (χ0) is 31.2. The van der Waals surface area contributed by atoms with Crippen LogP contribution in [-0.4, -0.2) is 18.4 Å². The van der Waals surface area contributed by atoms with Crippen molar-refractivity contribution in [3.63, 3.8) is 0 Å². The van der Waals surface area contributed by atoms with Crippen LogP contribution in [0.5, 0.6) is 0 Å². The van der Waals surface area contributed by atoms with Crippen LogP contribution < -0.4 is 7.16 Å². The summed E-state index contributed by atoms with van der Waals surface area (Å²) in [7, 11) is 0. The van der Waals surface area contributed by atoms with E-state index in [0.717, 1.165) is 0 Å². The van der Waals surface area contributed by atoms with Gasteiger partial charge in [0.1, 0.15) is 0 Å². The Kier molecular flexibility index (Phi) is 12.5. The Balaban J connectivity index is 1.57. The molecule has 0 N–H and O–H groups in total. The minimum absolute atomic E-state index is 1.22. The topological polar surface area (TPSA) is 0 Å². The predicted octanol–water partition coefficient (Wildman–Crippen LogP) is 12.4. The van der Waals surface area contributed by atoms with E-state index in [1.54, 1.807) is 46.4 Å². The number of thiophene rings is 2. The van der Waals surface area contributed by atoms with E-state index in [1.807, 2.05) is 0 Å². The molecular formula is C40H46I2S2Sn. The van der Waals surface area contributed by atoms with Gasteiger partial charge in [0.15, 0.2) is 0 Å². The van der Waals surface area contributed by atoms with Crippen LogP contribution in [0.1, 0.15) is 112 Å². The summed E-state index contributed by atoms with van der Waals surface area (Å²) in [6, 6.07) is 29.1. The molecule has 45 heavy (non-hydrogen) atoms. The molecule has 1 fully saturated rings. The van der Waals surface area contributed by atoms with Gasteiger partial charge in [0, 0.05) is 0 Å². The second kappa shape index (κ2) is 16.3. The number of rotatable bonds is 14. The number of fused-ring (bicyclic) bond motifs is 1. The molecule has 6 rings (SSSR count). The van der Waals surface area contributed by atoms with Crippen LogP contribution >= 0.6 is 67.9 Å². The van der Waals surface area contributed by atoms with Crippen molar-refractivity contribution >= 4 is 101 Å². The fourth-order valence-electron chi connectivity index (χ4n) is 7.71. The first-order chi connectivity index (χ1) is 22.1. The molecule has 3 heterocycles. The van der Waals surface area contributed by atoms with Crippen LogP contribution in [0.15, 0.2) is 83.9 Å². The molecule has 0 unspecified atom stereocenters. The van der Waals surface area contributed by atoms with E-state index in [2.05, 4.69) is 154 Å². The van der Waals surface area contributed by atoms with Gasteiger partial charge in [-0.1, -0.05) is 0 Å². The Bertz CT molecular complexity index is 1520. The zero-order valence-corrected chi connectivity index (χ0v) is 35.7. The van der Waals surface area contributed by atoms with Crippen LogP contribution in [-0.2, 0) is 12.8 Å². The molecule has 5 heteroatoms. The first-order valence-corrected chi connectivity index (χ1v) is 26.7. The molecule has 236 valence electrons. The number of halogens is 2. The molecule has 0 bridgehead atoms. The van der Waals surface area contributed by atoms with E-state index < -0.39 is 18.4 Å². The number of benzene rings is 2. The molecule has 2 aliphatic rings. The van der Waals surface area contributed by atoms with E-state index in [1.165, 1.54) is 95.7 Å². The van der Waals surface area contributed by atoms with E-state index in [9.17, 15) is 0 Å². The molecule has 0 nitrogen and oxygen atoms in total. The minimum atomic E-state index is -3.75. The Morgan fingerprint density at radius 1 is 0.578 bits per heavy atom. The zero-order valence-electron chi connectivity index (χ0n) is 26.9. The SMILES string of the molecule is CCCCCCc1cc([C]2=C3CCCCC3=[C](c3cc(CCCCCC)c(I)s3)[Sn]2([c]2ccccc2)[c]2ccccc2)sc1I. The molecule has 0 radical (unpaired) electrons. The van der Waals surface area contributed by atoms with Gasteiger partial charge in [0.05, 0.1) is 0 Å². The van der Waals surface area contributed by atoms with Crippen molar-refractivity contribution in [2.75, 3.05) is 0 Å². The van der Waals surface area contributed by atoms with Crippen LogP contribution in [0.2, 0.25) is 0 Å². The van der Waals surface area contributed by atoms with Crippen LogP contribution in [0, 0.1) is 5.77 Å². The van der Waals surface area contributed by atoms with Crippen molar-refractivity contribution in [2.24, 2.45) is 0 Å². The third-order valence-electron chi connectivity index (χ3n) is 9.84. The molecule has 0 spiro atoms. The van der Waals surface area contributed by atoms with Crippen molar-refractivity contribution in [2.45, 2.75) is 104 Å². The molecule has 2 aromatic heterocycles. The van der Waals surface area contributed by atoms with Gasteiger partial charge >= 0.3 is 315 Å². The molecule has 0 saturated heterocycles. The Morgan fingerprint density at radius 2 is 1.00 bits per heavy atom. The third-order valence-corrected chi connectivity index (χ3v) is 29.9. The number of hydrogen-bond donors (Lipinski definition) is 0. The first-order valence-electron chi connectivity index (χ1n) is 17.2. The summed E-state index contributed by atoms with van der Waals surface area (Å²) in [5, 5.41) is 0. The first kappa shape index (κ1) is 34.4. The van der Waals surface area contributed by atoms with Crippen LogP contribution in [0.4, 0.5) is 0 Å². The molecule has 0 atom stereocenters. The maximum absolute atomic E-state index is 3.75. The van der Waals surface area contributed by atoms with Crippen molar-refractivity contribution < 1.29 is 0 Å². The van der Waals surface area contributed by atoms with Crippen LogP contribution in [0.25, 0.3) is 7.18 Å². The van der Waals surface area contributed by atoms with Gasteiger partial charge in [0.25, 0.3) is 0 Å². The number of hydrogen-bond acceptors (Lipinski definition) is 2. The number of unbranched alkanes of at least 4 members (excludes halogenated alkanes) is 6. The van der Waals surface area contributed by atoms with Gasteiger partial charge < -0.3 is 0 Å². The molecule has 1 aliphatic heterocycles. The summed E-state index contributed by atoms with van der Waals surface area (Å²) in [6.07, 6.45) is 18.1. The summed E-state index contributed by atoms with van der Waals surface area (Å²) >= 11 is 5.79. The summed E-state index contributed by atoms with van der Waals surface area (Å²) in [5.74, 6) is 0. The van der Waals surface area contributed by atoms with Gasteiger partial charge in [-0.15, -0.1) is 0 Å². The average Bonchev–Trinajstić information content (AvgIpc) is 3.72. The predicted molar refractivity (Wildman–Crippen MR) is 220 cm³/mol. The van der Waals surface area contributed by atoms with Crippen molar-refractivity contribution in [1.82, 2.24) is 0 Å². The fraction of sp³-hybridized carbons (Fsp3) is 0.400. The summed E-state index contributed by atoms with van der Waals surface area (Å²) in [4.78, 5) is 3.17. The second-order valence-corrected chi connectivity index (χ2v) is 29.0. The van der Waals surface area contributed by atoms with Crippen molar-refractivity contribution in [1.29, 1.82) is 0 Å². The van der Waals surface area contributed by atoms with Crippen molar-refractivity contribution in [3.8, 4) is 0 Å². The van der Waals surface area contributed by atoms with E-state index >= 15 is 0 Å². The second-order valence-electron chi connectivity index (χ2n) is 12.8. The van der Waals surface area contributed by atoms with Gasteiger partial charge in [-0.25, -0.2) is 0 Å². The van der Waals surface area contributed by atoms with Crippen LogP contribution in [0.3, 0.4) is 0 Å². The Hall–Kier alpha value is -0.421. The molecular weight excluding hydrogens is 917 g/mol. The van der Waals surface area contributed by atoms with E-state index in [4.69, 9.17) is 0 Å². The van der Waals surface area contributed by atoms with Gasteiger partial charge in [0.2, 0.25) is 0 Å². The quantitative estimate of drug-likeness (QED) is 0.0671. The molecule has 1 saturated carbocycles. The third kappa shape index (κ3) is 7.16. The Morgan fingerprint density at radius 3 is 1.40 bits per heavy atom. The summed E-state index contributed by atoms with van der Waals surface area (Å²) < 4.78 is 9.86. The van der Waals surface area contributed by atoms with E-state index in [-0.39, 0.29) is 0 Å². The summed E-state index contributed by atoms with van der Waals surface area (Å²) in [5.41, 5.74) is 6.66. The maximum atomic E-state index is 2.67. The monoisotopic (exact) mass is 964 g/mol. The standard InChI is InChI=1S/C28H36I2S2.2C6H5.Sn/c1-3-5-7-9-15-23-19-25(31-27(23)29)17-21-13-11-12-14-22(21)18-26-20-24(28(30)32-26)16-10-8-6-4-2;2*1-2-4-6-5-3-1;/h19-20H,3-16H2,1-2H3;2*1-5H;. The molecule has 1 aliphatic carbocycles. The average molecular weight is 963 g/mol. The fourth-order valence-corrected chi connectivity index (χ4v) is 30.3. The van der Waals surface area contributed by atoms with Gasteiger partial charge in [-0.2, -0.15) is 0 Å². The number of allylic oxidation sites excluding steroid dienone is 2. The Labute approximate surface area is 311 Å². The van der Waals surface area contributed by atoms with Crippen molar-refractivity contribution in [3.05, 3.63) is 111 Å². The van der Waals surface area contributed by atoms with Gasteiger partial charge in [-0.05, 0) is 0 Å². The van der Waals surface area contributed by atoms with Gasteiger partial charge in [-0.3, -0.25) is 0 Å². The normalized spacial score (nSPS) is 16.1. The molecule has 2 aromatic carbocycles. The summed E-state index contributed by atoms with van der Waals surface area (Å²) in [6.45, 7) is 4.63. The molecule has 0 amide bonds. The molecule has 4 aromatic rings. The number of aryl methyl sites for hydroxylation is 2.